The summed E-state index contributed by atoms with van der Waals surface area (Å²) in [5, 5.41) is 0. The van der Waals surface area contributed by atoms with E-state index >= 15 is 0 Å². The Kier molecular flexibility index (Phi) is 7.71. The Bertz CT molecular complexity index is 131. The first-order valence-corrected chi connectivity index (χ1v) is 8.94. The molecule has 0 aromatic rings. The molecule has 2 amide bonds. The molecule has 5 heteroatoms. The molecule has 0 saturated carbocycles. The molecule has 68 valence electrons. The van der Waals surface area contributed by atoms with Crippen LogP contribution in [0.15, 0.2) is 0 Å². The Hall–Kier alpha value is 0.0439. The average Bonchev–Trinajstić information content (AvgIpc) is 2.01. The molecule has 0 aliphatic heterocycles. The molecule has 0 aromatic carbocycles. The first kappa shape index (κ1) is 12.0. The fraction of sp³-hybridized carbons (Fsp3) is 0.714. The molecular formula is C7H15N2O2Y. The monoisotopic (exact) mass is 248 g/mol. The van der Waals surface area contributed by atoms with E-state index in [1.807, 2.05) is 0 Å². The van der Waals surface area contributed by atoms with Gasteiger partial charge in [0.25, 0.3) is 0 Å². The van der Waals surface area contributed by atoms with Crippen molar-refractivity contribution in [2.75, 3.05) is 0 Å². The third-order valence-electron chi connectivity index (χ3n) is 1.57. The molecule has 0 spiro atoms. The van der Waals surface area contributed by atoms with Crippen LogP contribution in [0, 0.1) is 5.92 Å². The second-order valence-corrected chi connectivity index (χ2v) is 8.87. The second kappa shape index (κ2) is 7.68. The predicted octanol–water partition coefficient (Wildman–Crippen LogP) is 0.391. The summed E-state index contributed by atoms with van der Waals surface area (Å²) in [6, 6.07) is 0. The molecule has 12 heavy (non-hydrogen) atoms. The van der Waals surface area contributed by atoms with E-state index in [2.05, 4.69) is 18.7 Å². The van der Waals surface area contributed by atoms with Crippen molar-refractivity contribution in [3.63, 3.8) is 0 Å². The van der Waals surface area contributed by atoms with Crippen molar-refractivity contribution < 1.29 is 37.7 Å². The normalized spacial score (nSPS) is 9.25. The maximum atomic E-state index is 10.1. The minimum absolute atomic E-state index is 0.631. The summed E-state index contributed by atoms with van der Waals surface area (Å²) in [5.74, 6) is 0.631. The first-order chi connectivity index (χ1) is 5.70. The van der Waals surface area contributed by atoms with Crippen molar-refractivity contribution in [2.45, 2.75) is 23.5 Å². The molecule has 0 heterocycles. The van der Waals surface area contributed by atoms with Crippen molar-refractivity contribution in [2.24, 2.45) is 5.92 Å². The van der Waals surface area contributed by atoms with Gasteiger partial charge in [-0.2, -0.15) is 0 Å². The van der Waals surface area contributed by atoms with Gasteiger partial charge in [0.15, 0.2) is 0 Å². The summed E-state index contributed by atoms with van der Waals surface area (Å²) in [5.41, 5.74) is 0. The topological polar surface area (TPSA) is 58.2 Å². The van der Waals surface area contributed by atoms with Gasteiger partial charge in [-0.25, -0.2) is 0 Å². The van der Waals surface area contributed by atoms with E-state index in [-0.39, 0.29) is 0 Å². The fourth-order valence-corrected chi connectivity index (χ4v) is 5.20. The molecule has 0 saturated heterocycles. The average molecular weight is 248 g/mol. The molecule has 0 radical (unpaired) electrons. The zero-order valence-electron chi connectivity index (χ0n) is 7.54. The molecule has 0 aromatic heterocycles. The Morgan fingerprint density at radius 1 is 1.25 bits per heavy atom. The summed E-state index contributed by atoms with van der Waals surface area (Å²) < 4.78 is 6.43. The van der Waals surface area contributed by atoms with Crippen molar-refractivity contribution in [1.29, 1.82) is 0 Å². The van der Waals surface area contributed by atoms with E-state index in [4.69, 9.17) is 0 Å². The summed E-state index contributed by atoms with van der Waals surface area (Å²) in [7, 11) is 0. The van der Waals surface area contributed by atoms with E-state index < -0.39 is 28.1 Å². The van der Waals surface area contributed by atoms with Gasteiger partial charge >= 0.3 is 84.8 Å². The molecule has 0 unspecified atom stereocenters. The van der Waals surface area contributed by atoms with E-state index in [9.17, 15) is 9.59 Å². The van der Waals surface area contributed by atoms with Crippen LogP contribution >= 0.6 is 0 Å². The zero-order chi connectivity index (χ0) is 9.40. The van der Waals surface area contributed by atoms with Crippen molar-refractivity contribution in [1.82, 2.24) is 4.90 Å². The maximum absolute atomic E-state index is 10.1. The zero-order valence-corrected chi connectivity index (χ0v) is 10.4. The third kappa shape index (κ3) is 6.74. The van der Waals surface area contributed by atoms with Crippen LogP contribution < -0.4 is 4.90 Å². The molecule has 0 bridgehead atoms. The summed E-state index contributed by atoms with van der Waals surface area (Å²) in [4.78, 5) is 20.2. The number of carbonyl (C=O) groups excluding carboxylic acids is 2. The standard InChI is InChI=1S/C5H11.2CH3NO.Y/c1-4-5(2)3;2*2-1-3;/h5H,1,4H2,2-3H3;2*1H,(H2,2,3);/q;;;+2/p-2. The van der Waals surface area contributed by atoms with Crippen LogP contribution in [0.1, 0.15) is 20.3 Å². The Morgan fingerprint density at radius 2 is 1.75 bits per heavy atom. The summed E-state index contributed by atoms with van der Waals surface area (Å²) >= 11 is -2.19. The Labute approximate surface area is 84.5 Å². The van der Waals surface area contributed by atoms with Gasteiger partial charge in [0, 0.05) is 0 Å². The fourth-order valence-electron chi connectivity index (χ4n) is 0.879. The molecule has 4 nitrogen and oxygen atoms in total. The van der Waals surface area contributed by atoms with Gasteiger partial charge in [0.2, 0.25) is 0 Å². The van der Waals surface area contributed by atoms with Crippen LogP contribution in [0.25, 0.3) is 0 Å². The number of rotatable bonds is 7. The van der Waals surface area contributed by atoms with Crippen molar-refractivity contribution in [3.8, 4) is 0 Å². The summed E-state index contributed by atoms with van der Waals surface area (Å²) in [6.07, 6.45) is 2.46. The van der Waals surface area contributed by atoms with E-state index in [0.29, 0.717) is 18.7 Å². The SMILES string of the molecule is CC(C)C[CH2][Y]([NH]C=O)[NH]C=O. The van der Waals surface area contributed by atoms with Gasteiger partial charge in [-0.3, -0.25) is 0 Å². The van der Waals surface area contributed by atoms with Crippen LogP contribution in [-0.4, -0.2) is 12.8 Å². The van der Waals surface area contributed by atoms with Gasteiger partial charge in [0.1, 0.15) is 0 Å². The van der Waals surface area contributed by atoms with Gasteiger partial charge in [-0.1, -0.05) is 0 Å². The molecule has 2 N–H and O–H groups in total. The van der Waals surface area contributed by atoms with Gasteiger partial charge in [-0.05, 0) is 0 Å². The molecular weight excluding hydrogens is 233 g/mol. The van der Waals surface area contributed by atoms with Crippen LogP contribution in [-0.2, 0) is 37.7 Å². The molecule has 0 rings (SSSR count). The van der Waals surface area contributed by atoms with Gasteiger partial charge < -0.3 is 0 Å². The van der Waals surface area contributed by atoms with E-state index in [1.165, 1.54) is 0 Å². The third-order valence-corrected chi connectivity index (χ3v) is 6.46. The quantitative estimate of drug-likeness (QED) is 0.640. The number of hydrogen-bond acceptors (Lipinski definition) is 2. The van der Waals surface area contributed by atoms with Gasteiger partial charge in [-0.15, -0.1) is 0 Å². The number of carbonyl (C=O) groups is 2. The first-order valence-electron chi connectivity index (χ1n) is 4.10. The van der Waals surface area contributed by atoms with Crippen molar-refractivity contribution in [3.05, 3.63) is 0 Å². The Morgan fingerprint density at radius 3 is 2.08 bits per heavy atom. The minimum atomic E-state index is -2.19. The molecule has 0 aliphatic carbocycles. The van der Waals surface area contributed by atoms with Crippen LogP contribution in [0.2, 0.25) is 3.23 Å². The van der Waals surface area contributed by atoms with Crippen molar-refractivity contribution >= 4 is 12.8 Å². The second-order valence-electron chi connectivity index (χ2n) is 3.09. The summed E-state index contributed by atoms with van der Waals surface area (Å²) in [6.45, 7) is 4.26. The number of amides is 2. The van der Waals surface area contributed by atoms with Crippen LogP contribution in [0.3, 0.4) is 0 Å². The van der Waals surface area contributed by atoms with Crippen LogP contribution in [0.5, 0.6) is 0 Å². The number of hydrogen-bond donors (Lipinski definition) is 2. The van der Waals surface area contributed by atoms with E-state index in [1.54, 1.807) is 0 Å². The Balaban J connectivity index is 3.61. The van der Waals surface area contributed by atoms with E-state index in [0.717, 1.165) is 9.65 Å². The predicted molar refractivity (Wildman–Crippen MR) is 42.7 cm³/mol. The molecule has 0 fully saturated rings. The van der Waals surface area contributed by atoms with Gasteiger partial charge in [0.05, 0.1) is 0 Å². The molecule has 0 atom stereocenters. The van der Waals surface area contributed by atoms with Crippen LogP contribution in [0.4, 0.5) is 0 Å². The molecule has 0 aliphatic rings. The number of nitrogens with one attached hydrogen (secondary N) is 2.